The van der Waals surface area contributed by atoms with Crippen molar-refractivity contribution in [2.45, 2.75) is 63.9 Å². The minimum absolute atomic E-state index is 0.0159. The maximum atomic E-state index is 13.4. The van der Waals surface area contributed by atoms with E-state index in [1.807, 2.05) is 37.0 Å². The first kappa shape index (κ1) is 24.9. The molecule has 3 atom stereocenters. The third kappa shape index (κ3) is 4.43. The van der Waals surface area contributed by atoms with E-state index in [-0.39, 0.29) is 10.8 Å². The fraction of sp³-hybridized carbons (Fsp3) is 0.462. The molecule has 1 aliphatic heterocycles. The number of rotatable bonds is 5. The molecule has 192 valence electrons. The van der Waals surface area contributed by atoms with Gasteiger partial charge in [0.1, 0.15) is 5.82 Å². The first-order valence-electron chi connectivity index (χ1n) is 12.2. The fourth-order valence-corrected chi connectivity index (χ4v) is 6.15. The Bertz CT molecular complexity index is 1500. The summed E-state index contributed by atoms with van der Waals surface area (Å²) < 4.78 is 35.9. The molecule has 1 aromatic carbocycles. The quantitative estimate of drug-likeness (QED) is 0.407. The van der Waals surface area contributed by atoms with Crippen molar-refractivity contribution in [3.8, 4) is 0 Å². The number of aromatic nitrogens is 4. The first-order chi connectivity index (χ1) is 17.0. The molecule has 0 radical (unpaired) electrons. The number of ether oxygens (including phenoxy) is 1. The number of hydrogen-bond acceptors (Lipinski definition) is 7. The van der Waals surface area contributed by atoms with Gasteiger partial charge in [0, 0.05) is 25.2 Å². The van der Waals surface area contributed by atoms with Gasteiger partial charge in [-0.25, -0.2) is 22.4 Å². The zero-order valence-corrected chi connectivity index (χ0v) is 22.1. The summed E-state index contributed by atoms with van der Waals surface area (Å²) in [5.74, 6) is 1.15. The van der Waals surface area contributed by atoms with E-state index in [2.05, 4.69) is 11.9 Å². The van der Waals surface area contributed by atoms with Gasteiger partial charge < -0.3 is 9.84 Å². The Kier molecular flexibility index (Phi) is 6.19. The summed E-state index contributed by atoms with van der Waals surface area (Å²) in [6.45, 7) is 11.2. The van der Waals surface area contributed by atoms with Crippen molar-refractivity contribution in [3.05, 3.63) is 60.3 Å². The summed E-state index contributed by atoms with van der Waals surface area (Å²) >= 11 is 0. The van der Waals surface area contributed by atoms with Gasteiger partial charge in [-0.05, 0) is 58.2 Å². The number of aliphatic hydroxyl groups is 1. The molecular formula is C26H33N5O4S. The van der Waals surface area contributed by atoms with Crippen LogP contribution in [0.4, 0.5) is 0 Å². The third-order valence-electron chi connectivity index (χ3n) is 6.85. The number of piperidine rings is 1. The standard InChI is InChI=1S/C26H33N5O4S/c1-17-6-8-20(9-7-17)36(33,34)30-13-11-22-24(30)28-15-19-14-27-23(31(19)22)21-16-29(12-10-18(21)2)25(32)35-26(3,4)5/h6-9,11,13-15,18,21,25,32H,10,12,16H2,1-5H3/t18-,21+,25?/m1/s1. The van der Waals surface area contributed by atoms with Gasteiger partial charge in [-0.2, -0.15) is 0 Å². The lowest BCUT2D eigenvalue weighted by Gasteiger charge is -2.40. The van der Waals surface area contributed by atoms with Gasteiger partial charge in [-0.3, -0.25) is 9.30 Å². The minimum atomic E-state index is -3.81. The van der Waals surface area contributed by atoms with Gasteiger partial charge in [-0.1, -0.05) is 24.6 Å². The van der Waals surface area contributed by atoms with Crippen LogP contribution < -0.4 is 0 Å². The molecule has 9 nitrogen and oxygen atoms in total. The molecule has 4 heterocycles. The summed E-state index contributed by atoms with van der Waals surface area (Å²) in [6, 6.07) is 8.56. The van der Waals surface area contributed by atoms with Gasteiger partial charge >= 0.3 is 0 Å². The highest BCUT2D eigenvalue weighted by molar-refractivity contribution is 7.90. The molecule has 0 spiro atoms. The third-order valence-corrected chi connectivity index (χ3v) is 8.53. The van der Waals surface area contributed by atoms with E-state index in [1.54, 1.807) is 48.9 Å². The largest absolute Gasteiger partial charge is 0.356 e. The number of hydrogen-bond donors (Lipinski definition) is 1. The predicted molar refractivity (Wildman–Crippen MR) is 137 cm³/mol. The highest BCUT2D eigenvalue weighted by Gasteiger charge is 2.35. The van der Waals surface area contributed by atoms with E-state index in [0.29, 0.717) is 23.6 Å². The van der Waals surface area contributed by atoms with Gasteiger partial charge in [0.2, 0.25) is 6.41 Å². The van der Waals surface area contributed by atoms with Crippen LogP contribution in [0.3, 0.4) is 0 Å². The SMILES string of the molecule is Cc1ccc(S(=O)(=O)n2ccc3c2ncc2cnc([C@H]4CN(C(O)OC(C)(C)C)CC[C@H]4C)n23)cc1. The number of imidazole rings is 1. The Hall–Kier alpha value is -2.79. The van der Waals surface area contributed by atoms with Crippen LogP contribution in [0.25, 0.3) is 16.7 Å². The topological polar surface area (TPSA) is 102 Å². The maximum Gasteiger partial charge on any atom is 0.269 e. The second-order valence-corrected chi connectivity index (χ2v) is 12.5. The smallest absolute Gasteiger partial charge is 0.269 e. The molecule has 10 heteroatoms. The summed E-state index contributed by atoms with van der Waals surface area (Å²) in [7, 11) is -3.81. The summed E-state index contributed by atoms with van der Waals surface area (Å²) in [5.41, 5.74) is 2.33. The molecule has 1 N–H and O–H groups in total. The zero-order valence-electron chi connectivity index (χ0n) is 21.3. The van der Waals surface area contributed by atoms with Gasteiger partial charge in [0.25, 0.3) is 10.0 Å². The van der Waals surface area contributed by atoms with E-state index in [0.717, 1.165) is 29.9 Å². The average molecular weight is 512 g/mol. The van der Waals surface area contributed by atoms with E-state index >= 15 is 0 Å². The molecule has 1 saturated heterocycles. The lowest BCUT2D eigenvalue weighted by molar-refractivity contribution is -0.244. The Labute approximate surface area is 211 Å². The van der Waals surface area contributed by atoms with Crippen molar-refractivity contribution >= 4 is 26.7 Å². The first-order valence-corrected chi connectivity index (χ1v) is 13.7. The van der Waals surface area contributed by atoms with Gasteiger partial charge in [0.15, 0.2) is 5.65 Å². The number of aliphatic hydroxyl groups excluding tert-OH is 1. The number of benzene rings is 1. The van der Waals surface area contributed by atoms with Gasteiger partial charge in [0.05, 0.1) is 33.9 Å². The average Bonchev–Trinajstić information content (AvgIpc) is 3.43. The molecule has 5 rings (SSSR count). The van der Waals surface area contributed by atoms with Crippen molar-refractivity contribution in [2.24, 2.45) is 5.92 Å². The molecule has 0 bridgehead atoms. The second-order valence-electron chi connectivity index (χ2n) is 10.7. The Morgan fingerprint density at radius 3 is 2.50 bits per heavy atom. The minimum Gasteiger partial charge on any atom is -0.356 e. The number of nitrogens with zero attached hydrogens (tertiary/aromatic N) is 5. The fourth-order valence-electron chi connectivity index (χ4n) is 4.86. The molecule has 0 saturated carbocycles. The number of likely N-dealkylation sites (tertiary alicyclic amines) is 1. The van der Waals surface area contributed by atoms with Crippen LogP contribution in [0.5, 0.6) is 0 Å². The van der Waals surface area contributed by atoms with Crippen molar-refractivity contribution in [1.82, 2.24) is 23.2 Å². The van der Waals surface area contributed by atoms with Gasteiger partial charge in [-0.15, -0.1) is 0 Å². The molecule has 36 heavy (non-hydrogen) atoms. The monoisotopic (exact) mass is 511 g/mol. The van der Waals surface area contributed by atoms with Crippen LogP contribution in [0.2, 0.25) is 0 Å². The maximum absolute atomic E-state index is 13.4. The van der Waals surface area contributed by atoms with Crippen molar-refractivity contribution in [1.29, 1.82) is 0 Å². The van der Waals surface area contributed by atoms with Crippen LogP contribution in [-0.4, -0.2) is 61.9 Å². The molecule has 1 unspecified atom stereocenters. The van der Waals surface area contributed by atoms with E-state index in [4.69, 9.17) is 9.72 Å². The molecule has 0 aliphatic carbocycles. The molecule has 0 amide bonds. The van der Waals surface area contributed by atoms with Crippen LogP contribution in [-0.2, 0) is 14.8 Å². The molecule has 1 fully saturated rings. The highest BCUT2D eigenvalue weighted by Crippen LogP contribution is 2.34. The summed E-state index contributed by atoms with van der Waals surface area (Å²) in [6.07, 6.45) is 4.84. The molecular weight excluding hydrogens is 478 g/mol. The van der Waals surface area contributed by atoms with Crippen LogP contribution >= 0.6 is 0 Å². The Balaban J connectivity index is 1.56. The summed E-state index contributed by atoms with van der Waals surface area (Å²) in [4.78, 5) is 11.4. The molecule has 4 aromatic rings. The number of fused-ring (bicyclic) bond motifs is 3. The number of aryl methyl sites for hydroxylation is 1. The van der Waals surface area contributed by atoms with Crippen LogP contribution in [0, 0.1) is 12.8 Å². The van der Waals surface area contributed by atoms with E-state index in [1.165, 1.54) is 3.97 Å². The van der Waals surface area contributed by atoms with E-state index in [9.17, 15) is 13.5 Å². The Morgan fingerprint density at radius 2 is 1.81 bits per heavy atom. The predicted octanol–water partition coefficient (Wildman–Crippen LogP) is 3.75. The van der Waals surface area contributed by atoms with Crippen LogP contribution in [0.1, 0.15) is 51.4 Å². The lowest BCUT2D eigenvalue weighted by atomic mass is 9.86. The van der Waals surface area contributed by atoms with Crippen LogP contribution in [0.15, 0.2) is 53.8 Å². The van der Waals surface area contributed by atoms with E-state index < -0.39 is 22.0 Å². The zero-order chi connectivity index (χ0) is 25.8. The highest BCUT2D eigenvalue weighted by atomic mass is 32.2. The molecule has 1 aliphatic rings. The normalized spacial score (nSPS) is 20.8. The van der Waals surface area contributed by atoms with Crippen molar-refractivity contribution < 1.29 is 18.3 Å². The molecule has 3 aromatic heterocycles. The van der Waals surface area contributed by atoms with Crippen molar-refractivity contribution in [3.63, 3.8) is 0 Å². The second kappa shape index (κ2) is 8.95. The Morgan fingerprint density at radius 1 is 1.11 bits per heavy atom. The lowest BCUT2D eigenvalue weighted by Crippen LogP contribution is -2.48. The van der Waals surface area contributed by atoms with Crippen molar-refractivity contribution in [2.75, 3.05) is 13.1 Å². The summed E-state index contributed by atoms with van der Waals surface area (Å²) in [5, 5.41) is 10.7.